The smallest absolute Gasteiger partial charge is 0.265 e. The van der Waals surface area contributed by atoms with Crippen LogP contribution in [0.15, 0.2) is 45.1 Å². The van der Waals surface area contributed by atoms with Crippen LogP contribution in [0.25, 0.3) is 0 Å². The minimum Gasteiger partial charge on any atom is -0.321 e. The molecule has 0 bridgehead atoms. The van der Waals surface area contributed by atoms with Crippen LogP contribution in [0.2, 0.25) is 0 Å². The number of thiophene rings is 1. The highest BCUT2D eigenvalue weighted by Gasteiger charge is 2.22. The summed E-state index contributed by atoms with van der Waals surface area (Å²) >= 11 is 4.61. The predicted octanol–water partition coefficient (Wildman–Crippen LogP) is 3.84. The molecule has 0 radical (unpaired) electrons. The Labute approximate surface area is 148 Å². The summed E-state index contributed by atoms with van der Waals surface area (Å²) in [6.45, 7) is 5.31. The minimum atomic E-state index is -3.64. The molecule has 0 spiro atoms. The molecular formula is C15H17BrN2O3S2. The molecule has 2 aromatic rings. The van der Waals surface area contributed by atoms with Gasteiger partial charge in [0.05, 0.1) is 13.6 Å². The first-order chi connectivity index (χ1) is 10.6. The maximum atomic E-state index is 12.3. The lowest BCUT2D eigenvalue weighted by Crippen LogP contribution is -2.40. The van der Waals surface area contributed by atoms with E-state index in [1.165, 1.54) is 23.5 Å². The second-order valence-electron chi connectivity index (χ2n) is 5.94. The number of rotatable bonds is 4. The van der Waals surface area contributed by atoms with Crippen molar-refractivity contribution in [2.24, 2.45) is 0 Å². The lowest BCUT2D eigenvalue weighted by Gasteiger charge is -2.20. The molecule has 0 aliphatic heterocycles. The van der Waals surface area contributed by atoms with Gasteiger partial charge in [-0.3, -0.25) is 4.79 Å². The van der Waals surface area contributed by atoms with Gasteiger partial charge in [0.2, 0.25) is 10.0 Å². The van der Waals surface area contributed by atoms with Crippen LogP contribution in [-0.2, 0) is 10.0 Å². The average Bonchev–Trinajstić information content (AvgIpc) is 2.83. The highest BCUT2D eigenvalue weighted by Crippen LogP contribution is 2.24. The molecule has 0 aliphatic rings. The maximum Gasteiger partial charge on any atom is 0.265 e. The fourth-order valence-electron chi connectivity index (χ4n) is 1.83. The second kappa shape index (κ2) is 6.72. The molecule has 124 valence electrons. The average molecular weight is 417 g/mol. The summed E-state index contributed by atoms with van der Waals surface area (Å²) < 4.78 is 28.1. The Morgan fingerprint density at radius 2 is 1.87 bits per heavy atom. The zero-order valence-corrected chi connectivity index (χ0v) is 16.1. The zero-order chi connectivity index (χ0) is 17.3. The van der Waals surface area contributed by atoms with Crippen molar-refractivity contribution in [3.8, 4) is 0 Å². The fourth-order valence-corrected chi connectivity index (χ4v) is 4.58. The fraction of sp³-hybridized carbons (Fsp3) is 0.267. The Morgan fingerprint density at radius 1 is 1.17 bits per heavy atom. The number of carbonyl (C=O) groups is 1. The molecule has 0 atom stereocenters. The second-order valence-corrected chi connectivity index (χ2v) is 10.1. The van der Waals surface area contributed by atoms with E-state index < -0.39 is 15.6 Å². The molecule has 1 aromatic heterocycles. The van der Waals surface area contributed by atoms with Crippen LogP contribution in [0.5, 0.6) is 0 Å². The summed E-state index contributed by atoms with van der Waals surface area (Å²) in [4.78, 5) is 12.8. The van der Waals surface area contributed by atoms with Crippen LogP contribution >= 0.6 is 27.3 Å². The third kappa shape index (κ3) is 5.13. The highest BCUT2D eigenvalue weighted by molar-refractivity contribution is 9.11. The van der Waals surface area contributed by atoms with Gasteiger partial charge in [-0.2, -0.15) is 0 Å². The molecule has 1 aromatic carbocycles. The summed E-state index contributed by atoms with van der Waals surface area (Å²) in [6.07, 6.45) is 0. The van der Waals surface area contributed by atoms with Crippen LogP contribution in [0.4, 0.5) is 5.69 Å². The summed E-state index contributed by atoms with van der Waals surface area (Å²) in [5.74, 6) is -0.279. The van der Waals surface area contributed by atoms with E-state index in [2.05, 4.69) is 26.0 Å². The van der Waals surface area contributed by atoms with Crippen LogP contribution in [0.1, 0.15) is 30.4 Å². The topological polar surface area (TPSA) is 75.3 Å². The summed E-state index contributed by atoms with van der Waals surface area (Å²) in [6, 6.07) is 9.66. The summed E-state index contributed by atoms with van der Waals surface area (Å²) in [5, 5.41) is 2.71. The maximum absolute atomic E-state index is 12.3. The number of nitrogens with one attached hydrogen (secondary N) is 2. The molecule has 5 nitrogen and oxygen atoms in total. The van der Waals surface area contributed by atoms with E-state index in [0.29, 0.717) is 10.6 Å². The van der Waals surface area contributed by atoms with E-state index in [-0.39, 0.29) is 10.8 Å². The molecule has 0 saturated carbocycles. The van der Waals surface area contributed by atoms with Gasteiger partial charge in [-0.05, 0) is 67.0 Å². The van der Waals surface area contributed by atoms with Crippen molar-refractivity contribution in [2.75, 3.05) is 5.32 Å². The van der Waals surface area contributed by atoms with Gasteiger partial charge < -0.3 is 5.32 Å². The van der Waals surface area contributed by atoms with Crippen molar-refractivity contribution >= 4 is 48.9 Å². The number of hydrogen-bond donors (Lipinski definition) is 2. The van der Waals surface area contributed by atoms with Crippen molar-refractivity contribution < 1.29 is 13.2 Å². The quantitative estimate of drug-likeness (QED) is 0.794. The van der Waals surface area contributed by atoms with Crippen molar-refractivity contribution in [3.63, 3.8) is 0 Å². The standard InChI is InChI=1S/C15H17BrN2O3S2/c1-15(2,3)18-23(20,21)11-6-4-5-10(9-11)17-14(19)12-7-8-13(16)22-12/h4-9,18H,1-3H3,(H,17,19). The van der Waals surface area contributed by atoms with E-state index in [4.69, 9.17) is 0 Å². The number of carbonyl (C=O) groups excluding carboxylic acids is 1. The Morgan fingerprint density at radius 3 is 2.43 bits per heavy atom. The molecule has 0 unspecified atom stereocenters. The first kappa shape index (κ1) is 18.1. The molecular weight excluding hydrogens is 400 g/mol. The van der Waals surface area contributed by atoms with Gasteiger partial charge in [0.1, 0.15) is 0 Å². The Bertz CT molecular complexity index is 823. The van der Waals surface area contributed by atoms with Gasteiger partial charge in [-0.25, -0.2) is 13.1 Å². The number of benzene rings is 1. The molecule has 1 heterocycles. The van der Waals surface area contributed by atoms with E-state index in [1.807, 2.05) is 0 Å². The highest BCUT2D eigenvalue weighted by atomic mass is 79.9. The monoisotopic (exact) mass is 416 g/mol. The third-order valence-corrected chi connectivity index (χ3v) is 6.02. The van der Waals surface area contributed by atoms with Gasteiger partial charge in [0, 0.05) is 11.2 Å². The number of halogens is 1. The van der Waals surface area contributed by atoms with Gasteiger partial charge in [0.25, 0.3) is 5.91 Å². The normalized spacial score (nSPS) is 12.2. The first-order valence-corrected chi connectivity index (χ1v) is 9.87. The van der Waals surface area contributed by atoms with Crippen molar-refractivity contribution in [3.05, 3.63) is 45.1 Å². The largest absolute Gasteiger partial charge is 0.321 e. The first-order valence-electron chi connectivity index (χ1n) is 6.77. The molecule has 1 amide bonds. The Kier molecular flexibility index (Phi) is 5.30. The lowest BCUT2D eigenvalue weighted by molar-refractivity contribution is 0.103. The zero-order valence-electron chi connectivity index (χ0n) is 12.9. The van der Waals surface area contributed by atoms with Crippen LogP contribution in [0, 0.1) is 0 Å². The van der Waals surface area contributed by atoms with Crippen LogP contribution in [0.3, 0.4) is 0 Å². The van der Waals surface area contributed by atoms with Gasteiger partial charge >= 0.3 is 0 Å². The van der Waals surface area contributed by atoms with Crippen LogP contribution in [-0.4, -0.2) is 19.9 Å². The summed E-state index contributed by atoms with van der Waals surface area (Å²) in [7, 11) is -3.64. The van der Waals surface area contributed by atoms with Gasteiger partial charge in [-0.1, -0.05) is 6.07 Å². The molecule has 8 heteroatoms. The number of anilines is 1. The SMILES string of the molecule is CC(C)(C)NS(=O)(=O)c1cccc(NC(=O)c2ccc(Br)s2)c1. The molecule has 2 N–H and O–H groups in total. The number of sulfonamides is 1. The van der Waals surface area contributed by atoms with Crippen molar-refractivity contribution in [1.29, 1.82) is 0 Å². The summed E-state index contributed by atoms with van der Waals surface area (Å²) in [5.41, 5.74) is -0.155. The number of amides is 1. The van der Waals surface area contributed by atoms with E-state index in [1.54, 1.807) is 45.0 Å². The van der Waals surface area contributed by atoms with Crippen molar-refractivity contribution in [2.45, 2.75) is 31.2 Å². The number of hydrogen-bond acceptors (Lipinski definition) is 4. The molecule has 0 fully saturated rings. The van der Waals surface area contributed by atoms with E-state index in [9.17, 15) is 13.2 Å². The molecule has 0 saturated heterocycles. The van der Waals surface area contributed by atoms with Gasteiger partial charge in [-0.15, -0.1) is 11.3 Å². The minimum absolute atomic E-state index is 0.109. The lowest BCUT2D eigenvalue weighted by atomic mass is 10.1. The molecule has 0 aliphatic carbocycles. The predicted molar refractivity (Wildman–Crippen MR) is 96.5 cm³/mol. The van der Waals surface area contributed by atoms with E-state index >= 15 is 0 Å². The Balaban J connectivity index is 2.22. The van der Waals surface area contributed by atoms with Crippen molar-refractivity contribution in [1.82, 2.24) is 4.72 Å². The third-order valence-electron chi connectivity index (χ3n) is 2.64. The molecule has 23 heavy (non-hydrogen) atoms. The van der Waals surface area contributed by atoms with Crippen LogP contribution < -0.4 is 10.0 Å². The van der Waals surface area contributed by atoms with Gasteiger partial charge in [0.15, 0.2) is 0 Å². The van der Waals surface area contributed by atoms with E-state index in [0.717, 1.165) is 3.79 Å². The molecule has 2 rings (SSSR count). The Hall–Kier alpha value is -1.22.